The predicted octanol–water partition coefficient (Wildman–Crippen LogP) is 9.33. The molecule has 0 saturated heterocycles. The molecule has 0 spiro atoms. The number of anilines is 1. The Balaban J connectivity index is 1.63. The zero-order valence-electron chi connectivity index (χ0n) is 25.9. The molecule has 0 aliphatic rings. The molecule has 1 aromatic heterocycles. The fraction of sp³-hybridized carbons (Fsp3) is 0.0714. The van der Waals surface area contributed by atoms with E-state index in [1.165, 1.54) is 11.6 Å². The van der Waals surface area contributed by atoms with Crippen LogP contribution in [0.3, 0.4) is 0 Å². The number of rotatable bonds is 8. The monoisotopic (exact) mass is 628 g/mol. The van der Waals surface area contributed by atoms with Gasteiger partial charge in [-0.25, -0.2) is 8.42 Å². The molecular formula is C42H32N2O2S. The first-order valence-electron chi connectivity index (χ1n) is 15.7. The Bertz CT molecular complexity index is 2340. The third-order valence-corrected chi connectivity index (χ3v) is 10.4. The van der Waals surface area contributed by atoms with Crippen molar-refractivity contribution in [2.24, 2.45) is 0 Å². The van der Waals surface area contributed by atoms with E-state index in [0.717, 1.165) is 49.2 Å². The number of benzene rings is 7. The van der Waals surface area contributed by atoms with E-state index in [9.17, 15) is 8.42 Å². The highest BCUT2D eigenvalue weighted by atomic mass is 32.2. The summed E-state index contributed by atoms with van der Waals surface area (Å²) >= 11 is 0. The molecule has 0 N–H and O–H groups in total. The van der Waals surface area contributed by atoms with E-state index in [1.807, 2.05) is 36.4 Å². The van der Waals surface area contributed by atoms with E-state index < -0.39 is 15.4 Å². The highest BCUT2D eigenvalue weighted by Crippen LogP contribution is 2.53. The number of sulfonamides is 1. The summed E-state index contributed by atoms with van der Waals surface area (Å²) in [6.45, 7) is 0.0919. The highest BCUT2D eigenvalue weighted by molar-refractivity contribution is 7.92. The minimum Gasteiger partial charge on any atom is -0.264 e. The lowest BCUT2D eigenvalue weighted by Crippen LogP contribution is -2.37. The van der Waals surface area contributed by atoms with E-state index in [0.29, 0.717) is 11.4 Å². The maximum atomic E-state index is 14.1. The van der Waals surface area contributed by atoms with Crippen molar-refractivity contribution in [3.05, 3.63) is 192 Å². The summed E-state index contributed by atoms with van der Waals surface area (Å²) in [4.78, 5) is 4.56. The summed E-state index contributed by atoms with van der Waals surface area (Å²) in [5, 5.41) is 6.59. The first kappa shape index (κ1) is 28.9. The van der Waals surface area contributed by atoms with Crippen molar-refractivity contribution in [2.75, 3.05) is 10.6 Å². The van der Waals surface area contributed by atoms with Crippen molar-refractivity contribution in [1.82, 2.24) is 4.98 Å². The fourth-order valence-corrected chi connectivity index (χ4v) is 8.27. The van der Waals surface area contributed by atoms with Gasteiger partial charge >= 0.3 is 0 Å². The van der Waals surface area contributed by atoms with Crippen molar-refractivity contribution < 1.29 is 8.42 Å². The lowest BCUT2D eigenvalue weighted by molar-refractivity contribution is 0.595. The summed E-state index contributed by atoms with van der Waals surface area (Å²) in [7, 11) is -3.80. The quantitative estimate of drug-likeness (QED) is 0.124. The van der Waals surface area contributed by atoms with Crippen LogP contribution in [0.2, 0.25) is 0 Å². The smallest absolute Gasteiger partial charge is 0.232 e. The largest absolute Gasteiger partial charge is 0.264 e. The molecule has 1 heterocycles. The summed E-state index contributed by atoms with van der Waals surface area (Å²) in [6.07, 6.45) is 3.00. The third kappa shape index (κ3) is 4.74. The van der Waals surface area contributed by atoms with Gasteiger partial charge in [-0.05, 0) is 67.2 Å². The van der Waals surface area contributed by atoms with Gasteiger partial charge in [-0.3, -0.25) is 9.29 Å². The van der Waals surface area contributed by atoms with E-state index in [-0.39, 0.29) is 6.54 Å². The van der Waals surface area contributed by atoms with Gasteiger partial charge in [0, 0.05) is 11.8 Å². The molecule has 0 amide bonds. The second-order valence-corrected chi connectivity index (χ2v) is 14.0. The molecule has 0 aliphatic heterocycles. The molecule has 0 saturated carbocycles. The fourth-order valence-electron chi connectivity index (χ4n) is 7.40. The molecule has 4 nitrogen and oxygen atoms in total. The number of hydrogen-bond donors (Lipinski definition) is 0. The van der Waals surface area contributed by atoms with E-state index in [4.69, 9.17) is 0 Å². The van der Waals surface area contributed by atoms with Gasteiger partial charge in [-0.1, -0.05) is 140 Å². The lowest BCUT2D eigenvalue weighted by Gasteiger charge is -2.41. The normalized spacial score (nSPS) is 12.2. The van der Waals surface area contributed by atoms with Gasteiger partial charge in [0.25, 0.3) is 0 Å². The number of pyridine rings is 1. The van der Waals surface area contributed by atoms with Gasteiger partial charge in [-0.15, -0.1) is 0 Å². The summed E-state index contributed by atoms with van der Waals surface area (Å²) in [6, 6.07) is 54.1. The Kier molecular flexibility index (Phi) is 7.00. The number of nitrogens with zero attached hydrogens (tertiary/aromatic N) is 2. The summed E-state index contributed by atoms with van der Waals surface area (Å²) in [5.74, 6) is 0. The van der Waals surface area contributed by atoms with Crippen molar-refractivity contribution in [3.8, 4) is 0 Å². The van der Waals surface area contributed by atoms with Crippen LogP contribution in [0.4, 0.5) is 5.69 Å². The molecule has 0 atom stereocenters. The Morgan fingerprint density at radius 3 is 1.64 bits per heavy atom. The Morgan fingerprint density at radius 2 is 1.11 bits per heavy atom. The zero-order valence-corrected chi connectivity index (χ0v) is 26.7. The van der Waals surface area contributed by atoms with E-state index >= 15 is 0 Å². The van der Waals surface area contributed by atoms with Gasteiger partial charge in [-0.2, -0.15) is 0 Å². The van der Waals surface area contributed by atoms with Gasteiger partial charge in [0.2, 0.25) is 10.0 Å². The molecule has 0 aliphatic carbocycles. The maximum Gasteiger partial charge on any atom is 0.232 e. The van der Waals surface area contributed by atoms with Crippen LogP contribution < -0.4 is 4.31 Å². The lowest BCUT2D eigenvalue weighted by atomic mass is 9.63. The second kappa shape index (κ2) is 11.4. The maximum absolute atomic E-state index is 14.1. The summed E-state index contributed by atoms with van der Waals surface area (Å²) < 4.78 is 29.7. The molecule has 47 heavy (non-hydrogen) atoms. The third-order valence-electron chi connectivity index (χ3n) is 9.32. The number of hydrogen-bond acceptors (Lipinski definition) is 3. The van der Waals surface area contributed by atoms with Gasteiger partial charge in [0.1, 0.15) is 0 Å². The van der Waals surface area contributed by atoms with Gasteiger partial charge < -0.3 is 0 Å². The highest BCUT2D eigenvalue weighted by Gasteiger charge is 2.43. The van der Waals surface area contributed by atoms with Crippen LogP contribution in [0.25, 0.3) is 32.3 Å². The molecular weight excluding hydrogens is 597 g/mol. The topological polar surface area (TPSA) is 50.3 Å². The van der Waals surface area contributed by atoms with Crippen LogP contribution in [-0.2, 0) is 22.0 Å². The zero-order chi connectivity index (χ0) is 32.0. The first-order valence-corrected chi connectivity index (χ1v) is 17.6. The average molecular weight is 629 g/mol. The van der Waals surface area contributed by atoms with Crippen LogP contribution in [-0.4, -0.2) is 19.7 Å². The molecule has 228 valence electrons. The Labute approximate surface area is 275 Å². The molecule has 7 aromatic carbocycles. The van der Waals surface area contributed by atoms with E-state index in [2.05, 4.69) is 126 Å². The van der Waals surface area contributed by atoms with Crippen LogP contribution in [0.1, 0.15) is 27.9 Å². The van der Waals surface area contributed by atoms with Crippen molar-refractivity contribution in [1.29, 1.82) is 0 Å². The van der Waals surface area contributed by atoms with Crippen molar-refractivity contribution >= 4 is 48.0 Å². The van der Waals surface area contributed by atoms with Crippen LogP contribution in [0, 0.1) is 0 Å². The number of aromatic nitrogens is 1. The molecule has 0 radical (unpaired) electrons. The Morgan fingerprint density at radius 1 is 0.574 bits per heavy atom. The minimum absolute atomic E-state index is 0.0919. The second-order valence-electron chi connectivity index (χ2n) is 12.1. The SMILES string of the molecule is CS(=O)(=O)N(Cc1ccccn1)c1cc2ccc3cccc4ccc(c1C(c1ccccc1)(c1ccccc1)c1ccccc1)c2c34. The van der Waals surface area contributed by atoms with Gasteiger partial charge in [0.05, 0.1) is 29.6 Å². The van der Waals surface area contributed by atoms with Crippen LogP contribution in [0.5, 0.6) is 0 Å². The average Bonchev–Trinajstić information content (AvgIpc) is 3.11. The van der Waals surface area contributed by atoms with Crippen molar-refractivity contribution in [3.63, 3.8) is 0 Å². The summed E-state index contributed by atoms with van der Waals surface area (Å²) in [5.41, 5.74) is 4.43. The first-order chi connectivity index (χ1) is 23.0. The Hall–Kier alpha value is -5.52. The van der Waals surface area contributed by atoms with Crippen LogP contribution in [0.15, 0.2) is 164 Å². The molecule has 5 heteroatoms. The molecule has 8 rings (SSSR count). The molecule has 8 aromatic rings. The van der Waals surface area contributed by atoms with Crippen molar-refractivity contribution in [2.45, 2.75) is 12.0 Å². The minimum atomic E-state index is -3.80. The van der Waals surface area contributed by atoms with E-state index in [1.54, 1.807) is 10.5 Å². The van der Waals surface area contributed by atoms with Gasteiger partial charge in [0.15, 0.2) is 0 Å². The molecule has 0 bridgehead atoms. The molecule has 0 unspecified atom stereocenters. The molecule has 0 fully saturated rings. The predicted molar refractivity (Wildman–Crippen MR) is 194 cm³/mol. The standard InChI is InChI=1S/C42H32N2O2S/c1-47(45,46)44(29-36-22-11-12-27-43-36)38-28-32-24-23-30-14-13-15-31-25-26-37(40(32)39(30)31)41(38)42(33-16-5-2-6-17-33,34-18-7-3-8-19-34)35-20-9-4-10-21-35/h2-28H,29H2,1H3. The van der Waals surface area contributed by atoms with Crippen LogP contribution >= 0.6 is 0 Å².